The van der Waals surface area contributed by atoms with E-state index in [1.54, 1.807) is 11.8 Å². The third-order valence-electron chi connectivity index (χ3n) is 3.76. The predicted molar refractivity (Wildman–Crippen MR) is 86.0 cm³/mol. The Bertz CT molecular complexity index is 567. The predicted octanol–water partition coefficient (Wildman–Crippen LogP) is 3.36. The van der Waals surface area contributed by atoms with Crippen LogP contribution >= 0.6 is 24.2 Å². The minimum Gasteiger partial charge on any atom is -0.489 e. The number of halogens is 1. The lowest BCUT2D eigenvalue weighted by Crippen LogP contribution is -2.31. The maximum Gasteiger partial charge on any atom is 0.134 e. The lowest BCUT2D eigenvalue weighted by molar-refractivity contribution is 0.144. The number of ether oxygens (including phenoxy) is 1. The Labute approximate surface area is 129 Å². The summed E-state index contributed by atoms with van der Waals surface area (Å²) in [6.45, 7) is 0. The van der Waals surface area contributed by atoms with Gasteiger partial charge in [0.25, 0.3) is 0 Å². The highest BCUT2D eigenvalue weighted by atomic mass is 35.5. The second-order valence-corrected chi connectivity index (χ2v) is 5.90. The number of nitrogens with zero attached hydrogens (tertiary/aromatic N) is 1. The van der Waals surface area contributed by atoms with E-state index in [0.717, 1.165) is 42.3 Å². The van der Waals surface area contributed by atoms with E-state index >= 15 is 0 Å². The number of hydrogen-bond acceptors (Lipinski definition) is 4. The fraction of sp³-hybridized carbons (Fsp3) is 0.500. The molecule has 3 N–H and O–H groups in total. The first kappa shape index (κ1) is 15.5. The van der Waals surface area contributed by atoms with Crippen molar-refractivity contribution in [2.75, 3.05) is 6.26 Å². The van der Waals surface area contributed by atoms with E-state index in [2.05, 4.69) is 16.5 Å². The van der Waals surface area contributed by atoms with Crippen molar-refractivity contribution in [2.45, 2.75) is 42.7 Å². The minimum absolute atomic E-state index is 0. The summed E-state index contributed by atoms with van der Waals surface area (Å²) in [6, 6.07) is 4.43. The van der Waals surface area contributed by atoms with Gasteiger partial charge < -0.3 is 10.5 Å². The van der Waals surface area contributed by atoms with Crippen LogP contribution in [0.1, 0.15) is 25.7 Å². The number of hydrogen-bond donors (Lipinski definition) is 2. The van der Waals surface area contributed by atoms with E-state index in [4.69, 9.17) is 10.5 Å². The summed E-state index contributed by atoms with van der Waals surface area (Å²) in [5.74, 6) is 0.974. The van der Waals surface area contributed by atoms with Gasteiger partial charge in [0.1, 0.15) is 5.75 Å². The molecule has 0 aliphatic heterocycles. The monoisotopic (exact) mass is 313 g/mol. The van der Waals surface area contributed by atoms with Crippen molar-refractivity contribution >= 4 is 35.1 Å². The Balaban J connectivity index is 0.00000147. The topological polar surface area (TPSA) is 63.9 Å². The normalized spacial score (nSPS) is 22.5. The van der Waals surface area contributed by atoms with Crippen LogP contribution in [0.2, 0.25) is 0 Å². The van der Waals surface area contributed by atoms with Crippen LogP contribution in [0, 0.1) is 0 Å². The molecule has 1 fully saturated rings. The molecule has 1 aliphatic carbocycles. The smallest absolute Gasteiger partial charge is 0.134 e. The highest BCUT2D eigenvalue weighted by Gasteiger charge is 2.21. The van der Waals surface area contributed by atoms with Crippen molar-refractivity contribution in [3.05, 3.63) is 18.3 Å². The van der Waals surface area contributed by atoms with Crippen LogP contribution in [0.15, 0.2) is 23.2 Å². The quantitative estimate of drug-likeness (QED) is 0.853. The number of aromatic amines is 1. The average Bonchev–Trinajstić information content (AvgIpc) is 2.89. The number of thioether (sulfide) groups is 1. The van der Waals surface area contributed by atoms with Gasteiger partial charge in [0.05, 0.1) is 22.7 Å². The zero-order valence-corrected chi connectivity index (χ0v) is 13.1. The van der Waals surface area contributed by atoms with E-state index in [1.165, 1.54) is 4.90 Å². The molecule has 110 valence electrons. The van der Waals surface area contributed by atoms with Crippen LogP contribution in [0.25, 0.3) is 10.9 Å². The van der Waals surface area contributed by atoms with Gasteiger partial charge in [-0.1, -0.05) is 0 Å². The number of nitrogens with one attached hydrogen (secondary N) is 1. The van der Waals surface area contributed by atoms with Crippen LogP contribution < -0.4 is 10.5 Å². The van der Waals surface area contributed by atoms with Crippen molar-refractivity contribution < 1.29 is 4.74 Å². The first-order valence-electron chi connectivity index (χ1n) is 6.70. The van der Waals surface area contributed by atoms with Crippen molar-refractivity contribution in [3.63, 3.8) is 0 Å². The number of H-pyrrole nitrogens is 1. The summed E-state index contributed by atoms with van der Waals surface area (Å²) in [5.41, 5.74) is 6.99. The molecule has 1 aromatic carbocycles. The van der Waals surface area contributed by atoms with Crippen molar-refractivity contribution in [1.29, 1.82) is 0 Å². The first-order chi connectivity index (χ1) is 9.28. The Morgan fingerprint density at radius 1 is 1.30 bits per heavy atom. The highest BCUT2D eigenvalue weighted by Crippen LogP contribution is 2.36. The standard InChI is InChI=1S/C14H19N3OS.ClH/c1-19-14-11-8-16-17-12(11)6-7-13(14)18-10-4-2-9(15)3-5-10;/h6-10H,2-5,15H2,1H3,(H,16,17);1H. The summed E-state index contributed by atoms with van der Waals surface area (Å²) in [5, 5.41) is 8.23. The van der Waals surface area contributed by atoms with E-state index in [0.29, 0.717) is 12.1 Å². The lowest BCUT2D eigenvalue weighted by Gasteiger charge is -2.27. The average molecular weight is 314 g/mol. The third kappa shape index (κ3) is 3.05. The second-order valence-electron chi connectivity index (χ2n) is 5.08. The van der Waals surface area contributed by atoms with E-state index in [1.807, 2.05) is 18.3 Å². The SMILES string of the molecule is CSc1c(OC2CCC(N)CC2)ccc2[nH]ncc12.Cl. The summed E-state index contributed by atoms with van der Waals surface area (Å²) in [7, 11) is 0. The van der Waals surface area contributed by atoms with Gasteiger partial charge in [-0.25, -0.2) is 0 Å². The number of rotatable bonds is 3. The Kier molecular flexibility index (Phi) is 5.18. The maximum atomic E-state index is 6.19. The maximum absolute atomic E-state index is 6.19. The molecule has 0 radical (unpaired) electrons. The first-order valence-corrected chi connectivity index (χ1v) is 7.92. The van der Waals surface area contributed by atoms with Crippen LogP contribution in [-0.2, 0) is 0 Å². The zero-order valence-electron chi connectivity index (χ0n) is 11.5. The van der Waals surface area contributed by atoms with Gasteiger partial charge in [0.2, 0.25) is 0 Å². The Morgan fingerprint density at radius 3 is 2.75 bits per heavy atom. The number of nitrogens with two attached hydrogens (primary N) is 1. The molecule has 1 aliphatic rings. The van der Waals surface area contributed by atoms with Crippen molar-refractivity contribution in [1.82, 2.24) is 10.2 Å². The summed E-state index contributed by atoms with van der Waals surface area (Å²) in [6.07, 6.45) is 8.48. The third-order valence-corrected chi connectivity index (χ3v) is 4.58. The molecule has 3 rings (SSSR count). The van der Waals surface area contributed by atoms with Gasteiger partial charge in [-0.05, 0) is 44.1 Å². The second kappa shape index (κ2) is 6.70. The molecule has 0 amide bonds. The number of aromatic nitrogens is 2. The largest absolute Gasteiger partial charge is 0.489 e. The molecular weight excluding hydrogens is 294 g/mol. The summed E-state index contributed by atoms with van der Waals surface area (Å²) in [4.78, 5) is 1.17. The molecule has 0 bridgehead atoms. The number of benzene rings is 1. The number of fused-ring (bicyclic) bond motifs is 1. The highest BCUT2D eigenvalue weighted by molar-refractivity contribution is 7.99. The molecule has 0 atom stereocenters. The molecule has 20 heavy (non-hydrogen) atoms. The molecule has 0 spiro atoms. The summed E-state index contributed by atoms with van der Waals surface area (Å²) < 4.78 is 6.19. The van der Waals surface area contributed by atoms with Gasteiger partial charge in [-0.15, -0.1) is 24.2 Å². The van der Waals surface area contributed by atoms with Crippen LogP contribution in [0.3, 0.4) is 0 Å². The molecule has 2 aromatic rings. The lowest BCUT2D eigenvalue weighted by atomic mass is 9.94. The summed E-state index contributed by atoms with van der Waals surface area (Å²) >= 11 is 1.71. The minimum atomic E-state index is 0. The van der Waals surface area contributed by atoms with Gasteiger partial charge in [0.15, 0.2) is 0 Å². The molecule has 0 saturated heterocycles. The molecular formula is C14H20ClN3OS. The van der Waals surface area contributed by atoms with Crippen molar-refractivity contribution in [2.24, 2.45) is 5.73 Å². The molecule has 1 aromatic heterocycles. The van der Waals surface area contributed by atoms with E-state index in [-0.39, 0.29) is 12.4 Å². The van der Waals surface area contributed by atoms with Crippen LogP contribution in [-0.4, -0.2) is 28.6 Å². The van der Waals surface area contributed by atoms with Gasteiger partial charge >= 0.3 is 0 Å². The van der Waals surface area contributed by atoms with Crippen LogP contribution in [0.5, 0.6) is 5.75 Å². The molecule has 4 nitrogen and oxygen atoms in total. The van der Waals surface area contributed by atoms with E-state index in [9.17, 15) is 0 Å². The molecule has 0 unspecified atom stereocenters. The fourth-order valence-corrected chi connectivity index (χ4v) is 3.36. The van der Waals surface area contributed by atoms with Gasteiger partial charge in [-0.3, -0.25) is 5.10 Å². The van der Waals surface area contributed by atoms with Crippen LogP contribution in [0.4, 0.5) is 0 Å². The Hall–Kier alpha value is -0.910. The van der Waals surface area contributed by atoms with Crippen molar-refractivity contribution in [3.8, 4) is 5.75 Å². The van der Waals surface area contributed by atoms with E-state index < -0.39 is 0 Å². The molecule has 1 heterocycles. The zero-order chi connectivity index (χ0) is 13.2. The van der Waals surface area contributed by atoms with Gasteiger partial charge in [-0.2, -0.15) is 5.10 Å². The molecule has 6 heteroatoms. The molecule has 1 saturated carbocycles. The fourth-order valence-electron chi connectivity index (χ4n) is 2.66. The van der Waals surface area contributed by atoms with Gasteiger partial charge in [0, 0.05) is 11.4 Å². The Morgan fingerprint density at radius 2 is 2.05 bits per heavy atom.